The molecule has 4 fully saturated rings. The van der Waals surface area contributed by atoms with E-state index in [-0.39, 0.29) is 5.91 Å². The van der Waals surface area contributed by atoms with Gasteiger partial charge in [-0.3, -0.25) is 9.69 Å². The number of nitrogens with zero attached hydrogens (tertiary/aromatic N) is 2. The van der Waals surface area contributed by atoms with Crippen molar-refractivity contribution in [1.29, 1.82) is 0 Å². The molecule has 0 aliphatic carbocycles. The summed E-state index contributed by atoms with van der Waals surface area (Å²) in [5, 5.41) is 0. The first-order chi connectivity index (χ1) is 11.9. The van der Waals surface area contributed by atoms with Gasteiger partial charge in [-0.15, -0.1) is 0 Å². The van der Waals surface area contributed by atoms with E-state index in [0.29, 0.717) is 23.9 Å². The summed E-state index contributed by atoms with van der Waals surface area (Å²) in [6.07, 6.45) is 2.40. The second kappa shape index (κ2) is 5.99. The molecule has 4 heterocycles. The minimum atomic E-state index is -0.814. The summed E-state index contributed by atoms with van der Waals surface area (Å²) in [6.45, 7) is 6.74. The van der Waals surface area contributed by atoms with E-state index in [0.717, 1.165) is 25.4 Å². The van der Waals surface area contributed by atoms with E-state index < -0.39 is 5.54 Å². The van der Waals surface area contributed by atoms with Crippen LogP contribution in [-0.2, 0) is 4.79 Å². The molecule has 5 rings (SSSR count). The molecule has 0 saturated carbocycles. The highest BCUT2D eigenvalue weighted by Crippen LogP contribution is 2.47. The Balaban J connectivity index is 1.69. The van der Waals surface area contributed by atoms with Gasteiger partial charge in [-0.05, 0) is 63.4 Å². The van der Waals surface area contributed by atoms with Crippen molar-refractivity contribution in [3.63, 3.8) is 0 Å². The Labute approximate surface area is 150 Å². The lowest BCUT2D eigenvalue weighted by atomic mass is 9.75. The molecular formula is C20H29N3O2. The van der Waals surface area contributed by atoms with Crippen molar-refractivity contribution in [2.24, 2.45) is 11.7 Å². The van der Waals surface area contributed by atoms with Gasteiger partial charge in [0.2, 0.25) is 5.91 Å². The van der Waals surface area contributed by atoms with Gasteiger partial charge in [0.25, 0.3) is 0 Å². The molecule has 1 aromatic rings. The first kappa shape index (κ1) is 16.9. The third kappa shape index (κ3) is 2.74. The lowest BCUT2D eigenvalue weighted by Crippen LogP contribution is -2.63. The van der Waals surface area contributed by atoms with Crippen LogP contribution in [0.25, 0.3) is 0 Å². The maximum absolute atomic E-state index is 13.0. The molecule has 0 aromatic heterocycles. The van der Waals surface area contributed by atoms with Gasteiger partial charge in [0.15, 0.2) is 0 Å². The normalized spacial score (nSPS) is 34.1. The van der Waals surface area contributed by atoms with Gasteiger partial charge in [0.1, 0.15) is 5.75 Å². The second-order valence-electron chi connectivity index (χ2n) is 8.41. The Kier molecular flexibility index (Phi) is 4.04. The lowest BCUT2D eigenvalue weighted by Gasteiger charge is -2.51. The number of fused-ring (bicyclic) bond motifs is 2. The summed E-state index contributed by atoms with van der Waals surface area (Å²) in [7, 11) is 1.69. The van der Waals surface area contributed by atoms with Crippen LogP contribution in [0, 0.1) is 5.92 Å². The zero-order chi connectivity index (χ0) is 17.8. The number of likely N-dealkylation sites (tertiary alicyclic amines) is 1. The van der Waals surface area contributed by atoms with Gasteiger partial charge in [0, 0.05) is 18.5 Å². The molecule has 0 radical (unpaired) electrons. The summed E-state index contributed by atoms with van der Waals surface area (Å²) in [4.78, 5) is 17.8. The number of nitrogens with two attached hydrogens (primary N) is 1. The Hall–Kier alpha value is -1.59. The molecule has 4 saturated heterocycles. The Morgan fingerprint density at radius 3 is 2.36 bits per heavy atom. The van der Waals surface area contributed by atoms with Crippen LogP contribution >= 0.6 is 0 Å². The summed E-state index contributed by atoms with van der Waals surface area (Å²) < 4.78 is 5.30. The van der Waals surface area contributed by atoms with Gasteiger partial charge < -0.3 is 15.4 Å². The topological polar surface area (TPSA) is 58.8 Å². The van der Waals surface area contributed by atoms with Gasteiger partial charge in [-0.1, -0.05) is 12.1 Å². The highest BCUT2D eigenvalue weighted by molar-refractivity contribution is 5.86. The lowest BCUT2D eigenvalue weighted by molar-refractivity contribution is -0.140. The van der Waals surface area contributed by atoms with Gasteiger partial charge in [-0.25, -0.2) is 0 Å². The quantitative estimate of drug-likeness (QED) is 0.909. The van der Waals surface area contributed by atoms with Crippen molar-refractivity contribution >= 4 is 5.91 Å². The van der Waals surface area contributed by atoms with E-state index in [2.05, 4.69) is 21.9 Å². The van der Waals surface area contributed by atoms with Crippen molar-refractivity contribution in [2.45, 2.75) is 50.2 Å². The molecule has 5 heteroatoms. The number of hydrogen-bond acceptors (Lipinski definition) is 4. The number of carbonyl (C=O) groups is 1. The van der Waals surface area contributed by atoms with Gasteiger partial charge in [0.05, 0.1) is 18.7 Å². The van der Waals surface area contributed by atoms with Crippen molar-refractivity contribution < 1.29 is 9.53 Å². The van der Waals surface area contributed by atoms with Crippen molar-refractivity contribution in [2.75, 3.05) is 26.7 Å². The number of piperidine rings is 3. The summed E-state index contributed by atoms with van der Waals surface area (Å²) >= 11 is 0. The van der Waals surface area contributed by atoms with E-state index >= 15 is 0 Å². The van der Waals surface area contributed by atoms with Crippen molar-refractivity contribution in [3.05, 3.63) is 29.8 Å². The summed E-state index contributed by atoms with van der Waals surface area (Å²) in [5.74, 6) is 1.93. The number of ether oxygens (including phenoxy) is 1. The van der Waals surface area contributed by atoms with Crippen molar-refractivity contribution in [3.8, 4) is 5.75 Å². The molecular weight excluding hydrogens is 314 g/mol. The highest BCUT2D eigenvalue weighted by Gasteiger charge is 2.55. The molecule has 136 valence electrons. The summed E-state index contributed by atoms with van der Waals surface area (Å²) in [6, 6.07) is 9.10. The van der Waals surface area contributed by atoms with Gasteiger partial charge >= 0.3 is 0 Å². The third-order valence-electron chi connectivity index (χ3n) is 6.35. The molecule has 25 heavy (non-hydrogen) atoms. The smallest absolute Gasteiger partial charge is 0.242 e. The van der Waals surface area contributed by atoms with Crippen LogP contribution < -0.4 is 10.5 Å². The average molecular weight is 343 g/mol. The van der Waals surface area contributed by atoms with E-state index in [9.17, 15) is 4.79 Å². The minimum Gasteiger partial charge on any atom is -0.497 e. The maximum Gasteiger partial charge on any atom is 0.242 e. The molecule has 1 aromatic carbocycles. The third-order valence-corrected chi connectivity index (χ3v) is 6.35. The fraction of sp³-hybridized carbons (Fsp3) is 0.650. The average Bonchev–Trinajstić information content (AvgIpc) is 3.04. The highest BCUT2D eigenvalue weighted by atomic mass is 16.5. The number of methoxy groups -OCH3 is 1. The van der Waals surface area contributed by atoms with Crippen LogP contribution in [0.15, 0.2) is 24.3 Å². The van der Waals surface area contributed by atoms with Crippen LogP contribution in [0.2, 0.25) is 0 Å². The molecule has 2 N–H and O–H groups in total. The SMILES string of the molecule is COc1ccc([C@@H]2CN(C(=O)C(C)(C)N)[C@@H]3C4CCN(CC4)[C@@H]32)cc1. The number of carbonyl (C=O) groups excluding carboxylic acids is 1. The zero-order valence-corrected chi connectivity index (χ0v) is 15.4. The maximum atomic E-state index is 13.0. The molecule has 0 unspecified atom stereocenters. The van der Waals surface area contributed by atoms with Crippen LogP contribution in [0.4, 0.5) is 0 Å². The molecule has 3 atom stereocenters. The Bertz CT molecular complexity index is 644. The van der Waals surface area contributed by atoms with Crippen LogP contribution in [0.5, 0.6) is 5.75 Å². The number of amides is 1. The predicted octanol–water partition coefficient (Wildman–Crippen LogP) is 1.82. The van der Waals surface area contributed by atoms with E-state index in [4.69, 9.17) is 10.5 Å². The number of rotatable bonds is 3. The predicted molar refractivity (Wildman–Crippen MR) is 97.6 cm³/mol. The number of benzene rings is 1. The first-order valence-electron chi connectivity index (χ1n) is 9.38. The van der Waals surface area contributed by atoms with Crippen LogP contribution in [-0.4, -0.2) is 60.1 Å². The molecule has 4 aliphatic heterocycles. The Morgan fingerprint density at radius 2 is 1.80 bits per heavy atom. The molecule has 0 spiro atoms. The molecule has 1 amide bonds. The summed E-state index contributed by atoms with van der Waals surface area (Å²) in [5.41, 5.74) is 6.66. The van der Waals surface area contributed by atoms with E-state index in [1.54, 1.807) is 7.11 Å². The fourth-order valence-corrected chi connectivity index (χ4v) is 5.17. The molecule has 4 aliphatic rings. The largest absolute Gasteiger partial charge is 0.497 e. The van der Waals surface area contributed by atoms with Gasteiger partial charge in [-0.2, -0.15) is 0 Å². The Morgan fingerprint density at radius 1 is 1.16 bits per heavy atom. The molecule has 2 bridgehead atoms. The molecule has 5 nitrogen and oxygen atoms in total. The second-order valence-corrected chi connectivity index (χ2v) is 8.41. The standard InChI is InChI=1S/C20H29N3O2/c1-20(2,21)19(24)23-12-16(13-4-6-15(25-3)7-5-13)18-17(23)14-8-10-22(18)11-9-14/h4-7,14,16-18H,8-12,21H2,1-3H3/t16-,17+,18+/m0/s1. The minimum absolute atomic E-state index is 0.0901. The van der Waals surface area contributed by atoms with E-state index in [1.165, 1.54) is 18.4 Å². The first-order valence-corrected chi connectivity index (χ1v) is 9.38. The zero-order valence-electron chi connectivity index (χ0n) is 15.4. The monoisotopic (exact) mass is 343 g/mol. The van der Waals surface area contributed by atoms with Crippen LogP contribution in [0.3, 0.4) is 0 Å². The van der Waals surface area contributed by atoms with Crippen LogP contribution in [0.1, 0.15) is 38.2 Å². The number of hydrogen-bond donors (Lipinski definition) is 1. The van der Waals surface area contributed by atoms with Crippen molar-refractivity contribution in [1.82, 2.24) is 9.80 Å². The fourth-order valence-electron chi connectivity index (χ4n) is 5.17. The van der Waals surface area contributed by atoms with E-state index in [1.807, 2.05) is 26.0 Å².